The summed E-state index contributed by atoms with van der Waals surface area (Å²) < 4.78 is 0. The van der Waals surface area contributed by atoms with Crippen LogP contribution in [0, 0.1) is 11.8 Å². The molecule has 0 aromatic rings. The molecule has 0 aromatic carbocycles. The summed E-state index contributed by atoms with van der Waals surface area (Å²) in [5, 5.41) is 13.8. The lowest BCUT2D eigenvalue weighted by Gasteiger charge is -2.52. The molecular weight excluding hydrogens is 188 g/mol. The fourth-order valence-electron chi connectivity index (χ4n) is 3.82. The normalized spacial score (nSPS) is 47.0. The Morgan fingerprint density at radius 1 is 0.933 bits per heavy atom. The Morgan fingerprint density at radius 3 is 2.20 bits per heavy atom. The van der Waals surface area contributed by atoms with Gasteiger partial charge in [0.25, 0.3) is 0 Å². The van der Waals surface area contributed by atoms with Crippen LogP contribution in [-0.4, -0.2) is 48.3 Å². The van der Waals surface area contributed by atoms with Crippen molar-refractivity contribution < 1.29 is 5.11 Å². The van der Waals surface area contributed by atoms with Crippen LogP contribution in [0.15, 0.2) is 0 Å². The van der Waals surface area contributed by atoms with Crippen molar-refractivity contribution in [2.75, 3.05) is 26.2 Å². The summed E-state index contributed by atoms with van der Waals surface area (Å²) in [5.74, 6) is 1.35. The van der Waals surface area contributed by atoms with E-state index in [1.165, 1.54) is 38.8 Å². The van der Waals surface area contributed by atoms with Crippen molar-refractivity contribution in [1.82, 2.24) is 10.2 Å². The molecule has 2 atom stereocenters. The zero-order chi connectivity index (χ0) is 10.3. The van der Waals surface area contributed by atoms with Gasteiger partial charge in [0.2, 0.25) is 0 Å². The van der Waals surface area contributed by atoms with Gasteiger partial charge in [0.05, 0.1) is 6.10 Å². The first-order valence-electron chi connectivity index (χ1n) is 6.49. The lowest BCUT2D eigenvalue weighted by molar-refractivity contribution is -0.0970. The Labute approximate surface area is 91.8 Å². The minimum Gasteiger partial charge on any atom is -0.391 e. The maximum Gasteiger partial charge on any atom is 0.0727 e. The van der Waals surface area contributed by atoms with E-state index in [2.05, 4.69) is 10.2 Å². The third kappa shape index (κ3) is 1.71. The second kappa shape index (κ2) is 4.04. The van der Waals surface area contributed by atoms with Gasteiger partial charge in [-0.2, -0.15) is 0 Å². The second-order valence-corrected chi connectivity index (χ2v) is 5.44. The number of fused-ring (bicyclic) bond motifs is 3. The Hall–Kier alpha value is -0.120. The van der Waals surface area contributed by atoms with Crippen LogP contribution < -0.4 is 5.32 Å². The smallest absolute Gasteiger partial charge is 0.0727 e. The molecule has 0 radical (unpaired) electrons. The summed E-state index contributed by atoms with van der Waals surface area (Å²) >= 11 is 0. The quantitative estimate of drug-likeness (QED) is 0.659. The highest BCUT2D eigenvalue weighted by Gasteiger charge is 2.44. The molecule has 4 fully saturated rings. The minimum atomic E-state index is -0.0319. The van der Waals surface area contributed by atoms with E-state index in [9.17, 15) is 5.11 Å². The van der Waals surface area contributed by atoms with Crippen molar-refractivity contribution in [2.24, 2.45) is 11.8 Å². The van der Waals surface area contributed by atoms with Gasteiger partial charge in [-0.3, -0.25) is 4.90 Å². The average Bonchev–Trinajstić information content (AvgIpc) is 2.31. The summed E-state index contributed by atoms with van der Waals surface area (Å²) in [6, 6.07) is 0.486. The fourth-order valence-corrected chi connectivity index (χ4v) is 3.82. The van der Waals surface area contributed by atoms with Crippen LogP contribution in [0.25, 0.3) is 0 Å². The van der Waals surface area contributed by atoms with Gasteiger partial charge in [-0.05, 0) is 63.7 Å². The van der Waals surface area contributed by atoms with Gasteiger partial charge in [0, 0.05) is 6.04 Å². The number of aliphatic hydroxyl groups excluding tert-OH is 1. The summed E-state index contributed by atoms with van der Waals surface area (Å²) in [6.45, 7) is 4.76. The Balaban J connectivity index is 1.73. The highest BCUT2D eigenvalue weighted by atomic mass is 16.3. The van der Waals surface area contributed by atoms with Crippen molar-refractivity contribution in [2.45, 2.75) is 37.8 Å². The van der Waals surface area contributed by atoms with Gasteiger partial charge >= 0.3 is 0 Å². The van der Waals surface area contributed by atoms with E-state index in [1.807, 2.05) is 0 Å². The molecule has 3 nitrogen and oxygen atoms in total. The van der Waals surface area contributed by atoms with Crippen LogP contribution in [0.2, 0.25) is 0 Å². The Morgan fingerprint density at radius 2 is 1.60 bits per heavy atom. The van der Waals surface area contributed by atoms with Crippen LogP contribution >= 0.6 is 0 Å². The van der Waals surface area contributed by atoms with Crippen molar-refractivity contribution in [3.63, 3.8) is 0 Å². The molecule has 0 spiro atoms. The molecular formula is C12H22N2O. The minimum absolute atomic E-state index is 0.0319. The van der Waals surface area contributed by atoms with E-state index in [0.29, 0.717) is 12.0 Å². The molecule has 4 aliphatic rings. The number of nitrogens with one attached hydrogen (secondary N) is 1. The summed E-state index contributed by atoms with van der Waals surface area (Å²) in [6.07, 6.45) is 4.93. The van der Waals surface area contributed by atoms with E-state index in [1.54, 1.807) is 0 Å². The van der Waals surface area contributed by atoms with Crippen LogP contribution in [0.5, 0.6) is 0 Å². The molecule has 86 valence electrons. The second-order valence-electron chi connectivity index (χ2n) is 5.44. The van der Waals surface area contributed by atoms with Crippen LogP contribution in [0.4, 0.5) is 0 Å². The first-order valence-corrected chi connectivity index (χ1v) is 6.49. The summed E-state index contributed by atoms with van der Waals surface area (Å²) in [5.41, 5.74) is 0. The zero-order valence-electron chi connectivity index (χ0n) is 9.36. The molecule has 4 heterocycles. The molecule has 2 N–H and O–H groups in total. The summed E-state index contributed by atoms with van der Waals surface area (Å²) in [4.78, 5) is 2.56. The lowest BCUT2D eigenvalue weighted by atomic mass is 9.73. The van der Waals surface area contributed by atoms with E-state index in [-0.39, 0.29) is 6.10 Å². The fraction of sp³-hybridized carbons (Fsp3) is 1.00. The highest BCUT2D eigenvalue weighted by Crippen LogP contribution is 2.37. The SMILES string of the molecule is OC1C2CCN(CC2)C1C1CCNCC1. The number of hydrogen-bond donors (Lipinski definition) is 2. The van der Waals surface area contributed by atoms with Crippen LogP contribution in [-0.2, 0) is 0 Å². The molecule has 0 saturated carbocycles. The van der Waals surface area contributed by atoms with Crippen LogP contribution in [0.1, 0.15) is 25.7 Å². The summed E-state index contributed by atoms with van der Waals surface area (Å²) in [7, 11) is 0. The van der Waals surface area contributed by atoms with Crippen molar-refractivity contribution >= 4 is 0 Å². The maximum absolute atomic E-state index is 10.3. The third-order valence-corrected chi connectivity index (χ3v) is 4.70. The van der Waals surface area contributed by atoms with Gasteiger partial charge in [-0.15, -0.1) is 0 Å². The topological polar surface area (TPSA) is 35.5 Å². The largest absolute Gasteiger partial charge is 0.391 e. The molecule has 15 heavy (non-hydrogen) atoms. The predicted molar refractivity (Wildman–Crippen MR) is 59.7 cm³/mol. The number of rotatable bonds is 1. The molecule has 0 aliphatic carbocycles. The van der Waals surface area contributed by atoms with Crippen molar-refractivity contribution in [3.05, 3.63) is 0 Å². The average molecular weight is 210 g/mol. The molecule has 3 heteroatoms. The molecule has 0 aromatic heterocycles. The number of nitrogens with zero attached hydrogens (tertiary/aromatic N) is 1. The third-order valence-electron chi connectivity index (χ3n) is 4.70. The maximum atomic E-state index is 10.3. The Bertz CT molecular complexity index is 218. The van der Waals surface area contributed by atoms with Gasteiger partial charge < -0.3 is 10.4 Å². The van der Waals surface area contributed by atoms with E-state index in [0.717, 1.165) is 19.0 Å². The van der Waals surface area contributed by atoms with E-state index < -0.39 is 0 Å². The highest BCUT2D eigenvalue weighted by molar-refractivity contribution is 4.98. The van der Waals surface area contributed by atoms with Gasteiger partial charge in [0.1, 0.15) is 0 Å². The first-order chi connectivity index (χ1) is 7.36. The first kappa shape index (κ1) is 10.1. The monoisotopic (exact) mass is 210 g/mol. The number of hydrogen-bond acceptors (Lipinski definition) is 3. The van der Waals surface area contributed by atoms with E-state index in [4.69, 9.17) is 0 Å². The standard InChI is InChI=1S/C12H22N2O/c15-12-10-3-7-14(8-4-10)11(12)9-1-5-13-6-2-9/h9-13,15H,1-8H2. The van der Waals surface area contributed by atoms with Crippen LogP contribution in [0.3, 0.4) is 0 Å². The zero-order valence-corrected chi connectivity index (χ0v) is 9.36. The molecule has 4 aliphatic heterocycles. The molecule has 2 bridgehead atoms. The molecule has 4 rings (SSSR count). The molecule has 4 saturated heterocycles. The van der Waals surface area contributed by atoms with E-state index >= 15 is 0 Å². The predicted octanol–water partition coefficient (Wildman–Crippen LogP) is 0.441. The number of piperidine rings is 4. The van der Waals surface area contributed by atoms with Crippen molar-refractivity contribution in [3.8, 4) is 0 Å². The van der Waals surface area contributed by atoms with Gasteiger partial charge in [0.15, 0.2) is 0 Å². The number of aliphatic hydroxyl groups is 1. The van der Waals surface area contributed by atoms with Gasteiger partial charge in [-0.25, -0.2) is 0 Å². The van der Waals surface area contributed by atoms with Gasteiger partial charge in [-0.1, -0.05) is 0 Å². The Kier molecular flexibility index (Phi) is 2.71. The van der Waals surface area contributed by atoms with Crippen molar-refractivity contribution in [1.29, 1.82) is 0 Å². The lowest BCUT2D eigenvalue weighted by Crippen LogP contribution is -2.61. The molecule has 2 unspecified atom stereocenters. The molecule has 0 amide bonds.